The number of carbonyl (C=O) groups is 1. The van der Waals surface area contributed by atoms with E-state index in [1.165, 1.54) is 12.1 Å². The predicted octanol–water partition coefficient (Wildman–Crippen LogP) is 2.72. The van der Waals surface area contributed by atoms with Crippen molar-refractivity contribution in [3.8, 4) is 0 Å². The molecule has 0 unspecified atom stereocenters. The van der Waals surface area contributed by atoms with Gasteiger partial charge in [0.15, 0.2) is 5.11 Å². The van der Waals surface area contributed by atoms with Crippen LogP contribution in [0.25, 0.3) is 0 Å². The molecule has 11 heteroatoms. The quantitative estimate of drug-likeness (QED) is 0.402. The van der Waals surface area contributed by atoms with Gasteiger partial charge in [0.25, 0.3) is 11.6 Å². The minimum Gasteiger partial charge on any atom is -0.378 e. The number of nitrogens with one attached hydrogen (secondary N) is 2. The summed E-state index contributed by atoms with van der Waals surface area (Å²) in [4.78, 5) is 29.5. The van der Waals surface area contributed by atoms with Crippen LogP contribution < -0.4 is 15.5 Å². The number of nitro groups is 1. The molecule has 1 fully saturated rings. The molecule has 1 aliphatic heterocycles. The highest BCUT2D eigenvalue weighted by Gasteiger charge is 2.22. The lowest BCUT2D eigenvalue weighted by Gasteiger charge is -2.30. The second kappa shape index (κ2) is 9.04. The van der Waals surface area contributed by atoms with E-state index < -0.39 is 10.8 Å². The Hall–Kier alpha value is -2.63. The van der Waals surface area contributed by atoms with Crippen LogP contribution in [0.1, 0.15) is 10.4 Å². The Labute approximate surface area is 174 Å². The molecule has 0 bridgehead atoms. The number of nitrogens with zero attached hydrogens (tertiary/aromatic N) is 3. The molecule has 1 amide bonds. The van der Waals surface area contributed by atoms with Gasteiger partial charge in [-0.05, 0) is 46.3 Å². The van der Waals surface area contributed by atoms with Gasteiger partial charge in [0.05, 0.1) is 29.4 Å². The molecule has 1 aromatic heterocycles. The molecule has 0 aliphatic carbocycles. The fraction of sp³-hybridized carbons (Fsp3) is 0.235. The normalized spacial score (nSPS) is 13.7. The van der Waals surface area contributed by atoms with E-state index in [4.69, 9.17) is 17.0 Å². The molecule has 2 N–H and O–H groups in total. The SMILES string of the molecule is O=C(NC(=S)Nc1ccc(Br)cn1)c1cc([N+](=O)[O-])ccc1N1CCOCC1. The van der Waals surface area contributed by atoms with E-state index in [1.807, 2.05) is 4.90 Å². The Morgan fingerprint density at radius 1 is 1.29 bits per heavy atom. The molecule has 0 atom stereocenters. The highest BCUT2D eigenvalue weighted by Crippen LogP contribution is 2.26. The van der Waals surface area contributed by atoms with E-state index in [1.54, 1.807) is 24.4 Å². The number of morpholine rings is 1. The number of pyridine rings is 1. The van der Waals surface area contributed by atoms with Gasteiger partial charge in [-0.15, -0.1) is 0 Å². The number of non-ortho nitro benzene ring substituents is 1. The van der Waals surface area contributed by atoms with Gasteiger partial charge in [0.1, 0.15) is 5.82 Å². The minimum atomic E-state index is -0.542. The van der Waals surface area contributed by atoms with Crippen LogP contribution >= 0.6 is 28.1 Å². The summed E-state index contributed by atoms with van der Waals surface area (Å²) >= 11 is 8.45. The third-order valence-electron chi connectivity index (χ3n) is 3.98. The van der Waals surface area contributed by atoms with Crippen molar-refractivity contribution in [2.45, 2.75) is 0 Å². The van der Waals surface area contributed by atoms with E-state index in [9.17, 15) is 14.9 Å². The van der Waals surface area contributed by atoms with Crippen molar-refractivity contribution in [2.75, 3.05) is 36.5 Å². The average molecular weight is 466 g/mol. The van der Waals surface area contributed by atoms with Crippen molar-refractivity contribution in [1.29, 1.82) is 0 Å². The summed E-state index contributed by atoms with van der Waals surface area (Å²) in [7, 11) is 0. The summed E-state index contributed by atoms with van der Waals surface area (Å²) in [5.41, 5.74) is 0.593. The number of carbonyl (C=O) groups excluding carboxylic acids is 1. The Balaban J connectivity index is 1.79. The second-order valence-electron chi connectivity index (χ2n) is 5.83. The summed E-state index contributed by atoms with van der Waals surface area (Å²) in [6, 6.07) is 7.67. The number of halogens is 1. The van der Waals surface area contributed by atoms with E-state index in [-0.39, 0.29) is 16.4 Å². The molecular formula is C17H16BrN5O4S. The second-order valence-corrected chi connectivity index (χ2v) is 7.15. The lowest BCUT2D eigenvalue weighted by molar-refractivity contribution is -0.384. The zero-order chi connectivity index (χ0) is 20.1. The van der Waals surface area contributed by atoms with Crippen molar-refractivity contribution < 1.29 is 14.5 Å². The van der Waals surface area contributed by atoms with Crippen LogP contribution in [-0.4, -0.2) is 47.2 Å². The van der Waals surface area contributed by atoms with E-state index in [0.29, 0.717) is 37.8 Å². The number of nitro benzene ring substituents is 1. The summed E-state index contributed by atoms with van der Waals surface area (Å²) in [6.45, 7) is 2.22. The predicted molar refractivity (Wildman–Crippen MR) is 112 cm³/mol. The van der Waals surface area contributed by atoms with E-state index in [2.05, 4.69) is 31.5 Å². The Kier molecular flexibility index (Phi) is 6.49. The monoisotopic (exact) mass is 465 g/mol. The average Bonchev–Trinajstić information content (AvgIpc) is 2.69. The van der Waals surface area contributed by atoms with Gasteiger partial charge in [-0.3, -0.25) is 20.2 Å². The molecule has 0 radical (unpaired) electrons. The fourth-order valence-corrected chi connectivity index (χ4v) is 3.10. The maximum absolute atomic E-state index is 12.8. The zero-order valence-corrected chi connectivity index (χ0v) is 17.0. The molecule has 146 valence electrons. The van der Waals surface area contributed by atoms with Crippen molar-refractivity contribution in [2.24, 2.45) is 0 Å². The molecule has 0 spiro atoms. The van der Waals surface area contributed by atoms with Crippen molar-refractivity contribution >= 4 is 56.4 Å². The number of thiocarbonyl (C=S) groups is 1. The lowest BCUT2D eigenvalue weighted by Crippen LogP contribution is -2.39. The van der Waals surface area contributed by atoms with Crippen LogP contribution in [0, 0.1) is 10.1 Å². The van der Waals surface area contributed by atoms with Crippen LogP contribution in [0.15, 0.2) is 41.0 Å². The first-order valence-corrected chi connectivity index (χ1v) is 9.49. The van der Waals surface area contributed by atoms with Crippen LogP contribution in [0.4, 0.5) is 17.2 Å². The summed E-state index contributed by atoms with van der Waals surface area (Å²) < 4.78 is 6.14. The summed E-state index contributed by atoms with van der Waals surface area (Å²) in [5.74, 6) is -0.0826. The number of aromatic nitrogens is 1. The van der Waals surface area contributed by atoms with E-state index >= 15 is 0 Å². The summed E-state index contributed by atoms with van der Waals surface area (Å²) in [6.07, 6.45) is 1.59. The molecular weight excluding hydrogens is 450 g/mol. The third-order valence-corrected chi connectivity index (χ3v) is 4.66. The van der Waals surface area contributed by atoms with Gasteiger partial charge in [-0.1, -0.05) is 0 Å². The standard InChI is InChI=1S/C17H16BrN5O4S/c18-11-1-4-15(19-10-11)20-17(28)21-16(24)13-9-12(23(25)26)2-3-14(13)22-5-7-27-8-6-22/h1-4,9-10H,5-8H2,(H2,19,20,21,24,28). The smallest absolute Gasteiger partial charge is 0.270 e. The maximum Gasteiger partial charge on any atom is 0.270 e. The number of amides is 1. The van der Waals surface area contributed by atoms with Crippen LogP contribution in [0.3, 0.4) is 0 Å². The topological polar surface area (TPSA) is 110 Å². The largest absolute Gasteiger partial charge is 0.378 e. The highest BCUT2D eigenvalue weighted by molar-refractivity contribution is 9.10. The fourth-order valence-electron chi connectivity index (χ4n) is 2.67. The molecule has 2 aromatic rings. The Morgan fingerprint density at radius 2 is 2.04 bits per heavy atom. The summed E-state index contributed by atoms with van der Waals surface area (Å²) in [5, 5.41) is 16.5. The third kappa shape index (κ3) is 5.00. The number of benzene rings is 1. The number of anilines is 2. The first kappa shape index (κ1) is 20.1. The van der Waals surface area contributed by atoms with Crippen molar-refractivity contribution in [3.05, 3.63) is 56.7 Å². The number of ether oxygens (including phenoxy) is 1. The van der Waals surface area contributed by atoms with Crippen LogP contribution in [0.2, 0.25) is 0 Å². The molecule has 28 heavy (non-hydrogen) atoms. The van der Waals surface area contributed by atoms with Crippen molar-refractivity contribution in [1.82, 2.24) is 10.3 Å². The van der Waals surface area contributed by atoms with Gasteiger partial charge in [0, 0.05) is 35.9 Å². The van der Waals surface area contributed by atoms with E-state index in [0.717, 1.165) is 4.47 Å². The first-order valence-electron chi connectivity index (χ1n) is 8.29. The van der Waals surface area contributed by atoms with Gasteiger partial charge in [-0.2, -0.15) is 0 Å². The molecule has 0 saturated carbocycles. The number of rotatable bonds is 4. The minimum absolute atomic E-state index is 0.0410. The number of hydrogen-bond acceptors (Lipinski definition) is 7. The molecule has 2 heterocycles. The van der Waals surface area contributed by atoms with Crippen LogP contribution in [0.5, 0.6) is 0 Å². The van der Waals surface area contributed by atoms with Gasteiger partial charge in [0.2, 0.25) is 0 Å². The molecule has 1 aliphatic rings. The molecule has 3 rings (SSSR count). The number of hydrogen-bond donors (Lipinski definition) is 2. The highest BCUT2D eigenvalue weighted by atomic mass is 79.9. The van der Waals surface area contributed by atoms with Crippen LogP contribution in [-0.2, 0) is 4.74 Å². The zero-order valence-electron chi connectivity index (χ0n) is 14.6. The molecule has 9 nitrogen and oxygen atoms in total. The van der Waals surface area contributed by atoms with Gasteiger partial charge >= 0.3 is 0 Å². The Bertz CT molecular complexity index is 903. The van der Waals surface area contributed by atoms with Gasteiger partial charge < -0.3 is 15.0 Å². The lowest BCUT2D eigenvalue weighted by atomic mass is 10.1. The molecule has 1 aromatic carbocycles. The Morgan fingerprint density at radius 3 is 2.68 bits per heavy atom. The maximum atomic E-state index is 12.8. The van der Waals surface area contributed by atoms with Gasteiger partial charge in [-0.25, -0.2) is 4.98 Å². The first-order chi connectivity index (χ1) is 13.4. The van der Waals surface area contributed by atoms with Crippen molar-refractivity contribution in [3.63, 3.8) is 0 Å². The molecule has 1 saturated heterocycles.